The Morgan fingerprint density at radius 2 is 2.00 bits per heavy atom. The van der Waals surface area contributed by atoms with Gasteiger partial charge in [-0.25, -0.2) is 0 Å². The number of nitrogens with zero attached hydrogens (tertiary/aromatic N) is 2. The highest BCUT2D eigenvalue weighted by Gasteiger charge is 1.89. The highest BCUT2D eigenvalue weighted by molar-refractivity contribution is 6.29. The van der Waals surface area contributed by atoms with Crippen LogP contribution in [0.1, 0.15) is 5.69 Å². The van der Waals surface area contributed by atoms with Crippen LogP contribution in [-0.2, 0) is 0 Å². The quantitative estimate of drug-likeness (QED) is 0.519. The van der Waals surface area contributed by atoms with E-state index in [-0.39, 0.29) is 0 Å². The first kappa shape index (κ1) is 5.33. The SMILES string of the molecule is Cc1nc#cnc1Cl. The van der Waals surface area contributed by atoms with Crippen molar-refractivity contribution in [2.24, 2.45) is 0 Å². The molecule has 0 aliphatic carbocycles. The molecule has 0 saturated carbocycles. The summed E-state index contributed by atoms with van der Waals surface area (Å²) < 4.78 is 0. The van der Waals surface area contributed by atoms with Gasteiger partial charge in [0.15, 0.2) is 5.15 Å². The summed E-state index contributed by atoms with van der Waals surface area (Å²) in [5.74, 6) is 0. The van der Waals surface area contributed by atoms with Gasteiger partial charge in [0.25, 0.3) is 0 Å². The normalized spacial score (nSPS) is 8.25. The maximum absolute atomic E-state index is 5.48. The largest absolute Gasteiger partial charge is 0.198 e. The fourth-order valence-corrected chi connectivity index (χ4v) is 0.394. The lowest BCUT2D eigenvalue weighted by molar-refractivity contribution is 1.14. The summed E-state index contributed by atoms with van der Waals surface area (Å²) in [5.41, 5.74) is 0.686. The molecule has 0 unspecified atom stereocenters. The van der Waals surface area contributed by atoms with Gasteiger partial charge in [-0.15, -0.1) is 0 Å². The third-order valence-corrected chi connectivity index (χ3v) is 1.08. The van der Waals surface area contributed by atoms with E-state index >= 15 is 0 Å². The molecule has 3 heteroatoms. The van der Waals surface area contributed by atoms with Crippen LogP contribution in [0.5, 0.6) is 0 Å². The third kappa shape index (κ3) is 0.877. The zero-order valence-corrected chi connectivity index (χ0v) is 5.03. The summed E-state index contributed by atoms with van der Waals surface area (Å²) in [6.45, 7) is 1.76. The average Bonchev–Trinajstić information content (AvgIpc) is 1.77. The zero-order valence-electron chi connectivity index (χ0n) is 4.27. The second-order valence-corrected chi connectivity index (χ2v) is 1.68. The molecule has 1 heterocycles. The monoisotopic (exact) mass is 126 g/mol. The van der Waals surface area contributed by atoms with Crippen LogP contribution in [0.3, 0.4) is 0 Å². The van der Waals surface area contributed by atoms with Crippen LogP contribution in [0.15, 0.2) is 0 Å². The lowest BCUT2D eigenvalue weighted by Crippen LogP contribution is -1.79. The minimum atomic E-state index is 0.392. The Morgan fingerprint density at radius 1 is 1.38 bits per heavy atom. The van der Waals surface area contributed by atoms with E-state index in [1.807, 2.05) is 0 Å². The predicted molar refractivity (Wildman–Crippen MR) is 29.5 cm³/mol. The maximum atomic E-state index is 5.48. The standard InChI is InChI=1S/C5H3ClN2/c1-4-5(6)8-3-2-7-4/h1H3. The highest BCUT2D eigenvalue weighted by Crippen LogP contribution is 2.02. The van der Waals surface area contributed by atoms with Crippen molar-refractivity contribution in [2.45, 2.75) is 6.92 Å². The minimum absolute atomic E-state index is 0.392. The van der Waals surface area contributed by atoms with Gasteiger partial charge in [-0.1, -0.05) is 11.6 Å². The number of aromatic nitrogens is 2. The molecule has 1 aromatic rings. The molecule has 0 aliphatic rings. The van der Waals surface area contributed by atoms with Crippen molar-refractivity contribution in [1.82, 2.24) is 9.97 Å². The van der Waals surface area contributed by atoms with Gasteiger partial charge in [0.1, 0.15) is 0 Å². The van der Waals surface area contributed by atoms with Gasteiger partial charge in [0.05, 0.1) is 18.1 Å². The van der Waals surface area contributed by atoms with E-state index in [0.717, 1.165) is 0 Å². The van der Waals surface area contributed by atoms with Crippen molar-refractivity contribution in [3.05, 3.63) is 23.2 Å². The highest BCUT2D eigenvalue weighted by atomic mass is 35.5. The van der Waals surface area contributed by atoms with Gasteiger partial charge < -0.3 is 0 Å². The fourth-order valence-electron chi connectivity index (χ4n) is 0.310. The molecule has 0 N–H and O–H groups in total. The number of rotatable bonds is 0. The average molecular weight is 127 g/mol. The molecule has 0 radical (unpaired) electrons. The smallest absolute Gasteiger partial charge is 0.161 e. The molecule has 8 heavy (non-hydrogen) atoms. The van der Waals surface area contributed by atoms with E-state index < -0.39 is 0 Å². The van der Waals surface area contributed by atoms with E-state index in [1.54, 1.807) is 6.92 Å². The Bertz CT molecular complexity index is 167. The van der Waals surface area contributed by atoms with Crippen molar-refractivity contribution in [1.29, 1.82) is 0 Å². The van der Waals surface area contributed by atoms with Gasteiger partial charge in [-0.3, -0.25) is 0 Å². The number of aryl methyl sites for hydroxylation is 1. The van der Waals surface area contributed by atoms with Crippen LogP contribution in [0, 0.1) is 19.3 Å². The lowest BCUT2D eigenvalue weighted by atomic mass is 10.5. The minimum Gasteiger partial charge on any atom is -0.198 e. The molecule has 0 spiro atoms. The van der Waals surface area contributed by atoms with Crippen molar-refractivity contribution in [3.8, 4) is 0 Å². The van der Waals surface area contributed by atoms with Crippen LogP contribution < -0.4 is 0 Å². The van der Waals surface area contributed by atoms with Gasteiger partial charge in [0, 0.05) is 0 Å². The second kappa shape index (κ2) is 1.97. The van der Waals surface area contributed by atoms with E-state index in [2.05, 4.69) is 22.4 Å². The Kier molecular flexibility index (Phi) is 1.32. The molecule has 1 rings (SSSR count). The van der Waals surface area contributed by atoms with E-state index in [1.165, 1.54) is 0 Å². The Labute approximate surface area is 52.5 Å². The fraction of sp³-hybridized carbons (Fsp3) is 0.200. The number of hydrogen-bond donors (Lipinski definition) is 0. The maximum Gasteiger partial charge on any atom is 0.161 e. The molecule has 0 aromatic carbocycles. The van der Waals surface area contributed by atoms with Crippen molar-refractivity contribution >= 4 is 11.6 Å². The van der Waals surface area contributed by atoms with Crippen molar-refractivity contribution in [3.63, 3.8) is 0 Å². The number of halogens is 1. The molecule has 0 bridgehead atoms. The lowest BCUT2D eigenvalue weighted by Gasteiger charge is -1.83. The Morgan fingerprint density at radius 3 is 2.38 bits per heavy atom. The topological polar surface area (TPSA) is 25.8 Å². The Balaban J connectivity index is 3.13. The van der Waals surface area contributed by atoms with Crippen LogP contribution in [0.4, 0.5) is 0 Å². The summed E-state index contributed by atoms with van der Waals surface area (Å²) in [5, 5.41) is 0.392. The molecule has 2 nitrogen and oxygen atoms in total. The summed E-state index contributed by atoms with van der Waals surface area (Å²) in [7, 11) is 0. The Hall–Kier alpha value is -0.810. The van der Waals surface area contributed by atoms with E-state index in [0.29, 0.717) is 10.8 Å². The van der Waals surface area contributed by atoms with Crippen molar-refractivity contribution < 1.29 is 0 Å². The summed E-state index contributed by atoms with van der Waals surface area (Å²) >= 11 is 5.48. The van der Waals surface area contributed by atoms with Crippen LogP contribution in [0.25, 0.3) is 0 Å². The van der Waals surface area contributed by atoms with Crippen molar-refractivity contribution in [2.75, 3.05) is 0 Å². The van der Waals surface area contributed by atoms with Crippen LogP contribution >= 0.6 is 11.6 Å². The molecule has 0 aliphatic heterocycles. The first-order valence-electron chi connectivity index (χ1n) is 2.08. The first-order chi connectivity index (χ1) is 3.80. The molecule has 40 valence electrons. The molecular weight excluding hydrogens is 124 g/mol. The summed E-state index contributed by atoms with van der Waals surface area (Å²) in [4.78, 5) is 7.30. The van der Waals surface area contributed by atoms with Gasteiger partial charge in [-0.05, 0) is 6.92 Å². The van der Waals surface area contributed by atoms with E-state index in [9.17, 15) is 0 Å². The zero-order chi connectivity index (χ0) is 5.98. The first-order valence-corrected chi connectivity index (χ1v) is 2.46. The molecule has 1 aromatic heterocycles. The second-order valence-electron chi connectivity index (χ2n) is 1.32. The third-order valence-electron chi connectivity index (χ3n) is 0.726. The molecule has 0 saturated heterocycles. The summed E-state index contributed by atoms with van der Waals surface area (Å²) in [6, 6.07) is 0. The summed E-state index contributed by atoms with van der Waals surface area (Å²) in [6.07, 6.45) is 4.81. The molecular formula is C5H3ClN2. The molecule has 0 atom stereocenters. The van der Waals surface area contributed by atoms with E-state index in [4.69, 9.17) is 11.6 Å². The molecule has 0 amide bonds. The van der Waals surface area contributed by atoms with Gasteiger partial charge >= 0.3 is 0 Å². The van der Waals surface area contributed by atoms with Crippen LogP contribution in [-0.4, -0.2) is 9.97 Å². The predicted octanol–water partition coefficient (Wildman–Crippen LogP) is 1.04. The molecule has 0 fully saturated rings. The van der Waals surface area contributed by atoms with Gasteiger partial charge in [0.2, 0.25) is 0 Å². The van der Waals surface area contributed by atoms with Crippen LogP contribution in [0.2, 0.25) is 5.15 Å². The van der Waals surface area contributed by atoms with Gasteiger partial charge in [-0.2, -0.15) is 9.97 Å². The number of hydrogen-bond acceptors (Lipinski definition) is 2.